The lowest BCUT2D eigenvalue weighted by Gasteiger charge is -2.24. The number of aryl methyl sites for hydroxylation is 1. The van der Waals surface area contributed by atoms with Gasteiger partial charge in [-0.15, -0.1) is 0 Å². The zero-order chi connectivity index (χ0) is 26.3. The van der Waals surface area contributed by atoms with Gasteiger partial charge in [-0.1, -0.05) is 29.8 Å². The lowest BCUT2D eigenvalue weighted by molar-refractivity contribution is -0.119. The van der Waals surface area contributed by atoms with Crippen molar-refractivity contribution in [2.45, 2.75) is 32.2 Å². The molecule has 0 atom stereocenters. The lowest BCUT2D eigenvalue weighted by atomic mass is 10.2. The van der Waals surface area contributed by atoms with Gasteiger partial charge in [0.05, 0.1) is 22.2 Å². The van der Waals surface area contributed by atoms with Crippen LogP contribution in [0.5, 0.6) is 5.75 Å². The second-order valence-corrected chi connectivity index (χ2v) is 11.0. The highest BCUT2D eigenvalue weighted by molar-refractivity contribution is 9.10. The first-order valence-corrected chi connectivity index (χ1v) is 14.0. The molecule has 3 aromatic carbocycles. The minimum absolute atomic E-state index is 0.0514. The number of anilines is 2. The molecule has 3 rings (SSSR count). The summed E-state index contributed by atoms with van der Waals surface area (Å²) in [6.45, 7) is 7.91. The standard InChI is InChI=1S/C27H32BrN3O4S/c1-5-30(6-2)22-13-9-21(10-14-22)18-29-27(32)19-31(23-11-7-20(3)8-12-23)36(33,34)24-15-16-26(35-4)25(28)17-24/h7-17H,5-6,18-19H2,1-4H3,(H,29,32). The van der Waals surface area contributed by atoms with E-state index in [4.69, 9.17) is 4.74 Å². The first-order valence-electron chi connectivity index (χ1n) is 11.7. The summed E-state index contributed by atoms with van der Waals surface area (Å²) in [6, 6.07) is 19.5. The molecule has 0 aliphatic heterocycles. The maximum Gasteiger partial charge on any atom is 0.264 e. The third-order valence-electron chi connectivity index (χ3n) is 5.88. The molecule has 0 radical (unpaired) electrons. The van der Waals surface area contributed by atoms with Crippen molar-refractivity contribution in [3.63, 3.8) is 0 Å². The number of benzene rings is 3. The molecular formula is C27H32BrN3O4S. The van der Waals surface area contributed by atoms with Crippen LogP contribution in [-0.4, -0.2) is 41.1 Å². The quantitative estimate of drug-likeness (QED) is 0.344. The summed E-state index contributed by atoms with van der Waals surface area (Å²) in [5.41, 5.74) is 3.45. The van der Waals surface area contributed by atoms with E-state index in [1.54, 1.807) is 18.2 Å². The normalized spacial score (nSPS) is 11.1. The number of rotatable bonds is 11. The Kier molecular flexibility index (Phi) is 9.39. The Balaban J connectivity index is 1.80. The van der Waals surface area contributed by atoms with Crippen LogP contribution in [0.2, 0.25) is 0 Å². The van der Waals surface area contributed by atoms with Crippen LogP contribution in [0.15, 0.2) is 76.1 Å². The molecule has 1 amide bonds. The van der Waals surface area contributed by atoms with Gasteiger partial charge in [0.1, 0.15) is 12.3 Å². The predicted molar refractivity (Wildman–Crippen MR) is 148 cm³/mol. The highest BCUT2D eigenvalue weighted by atomic mass is 79.9. The Morgan fingerprint density at radius 1 is 0.944 bits per heavy atom. The number of amides is 1. The Morgan fingerprint density at radius 3 is 2.11 bits per heavy atom. The van der Waals surface area contributed by atoms with Gasteiger partial charge in [-0.05, 0) is 84.7 Å². The van der Waals surface area contributed by atoms with Crippen LogP contribution in [0.4, 0.5) is 11.4 Å². The van der Waals surface area contributed by atoms with Crippen molar-refractivity contribution in [2.75, 3.05) is 35.9 Å². The molecule has 0 saturated carbocycles. The van der Waals surface area contributed by atoms with Crippen molar-refractivity contribution >= 4 is 43.2 Å². The monoisotopic (exact) mass is 573 g/mol. The maximum atomic E-state index is 13.6. The van der Waals surface area contributed by atoms with E-state index in [9.17, 15) is 13.2 Å². The number of sulfonamides is 1. The summed E-state index contributed by atoms with van der Waals surface area (Å²) in [5, 5.41) is 2.85. The highest BCUT2D eigenvalue weighted by Gasteiger charge is 2.28. The third-order valence-corrected chi connectivity index (χ3v) is 8.26. The van der Waals surface area contributed by atoms with Crippen LogP contribution in [-0.2, 0) is 21.4 Å². The topological polar surface area (TPSA) is 79.0 Å². The summed E-state index contributed by atoms with van der Waals surface area (Å²) in [5.74, 6) is 0.111. The molecule has 0 aromatic heterocycles. The van der Waals surface area contributed by atoms with Gasteiger partial charge in [0, 0.05) is 25.3 Å². The first kappa shape index (κ1) is 27.5. The molecule has 0 spiro atoms. The van der Waals surface area contributed by atoms with Gasteiger partial charge >= 0.3 is 0 Å². The molecule has 3 aromatic rings. The smallest absolute Gasteiger partial charge is 0.264 e. The van der Waals surface area contributed by atoms with Gasteiger partial charge in [-0.3, -0.25) is 9.10 Å². The fourth-order valence-electron chi connectivity index (χ4n) is 3.76. The molecule has 7 nitrogen and oxygen atoms in total. The average Bonchev–Trinajstić information content (AvgIpc) is 2.88. The molecule has 36 heavy (non-hydrogen) atoms. The van der Waals surface area contributed by atoms with Crippen molar-refractivity contribution < 1.29 is 17.9 Å². The number of hydrogen-bond acceptors (Lipinski definition) is 5. The van der Waals surface area contributed by atoms with Gasteiger partial charge < -0.3 is 15.0 Å². The number of hydrogen-bond donors (Lipinski definition) is 1. The summed E-state index contributed by atoms with van der Waals surface area (Å²) >= 11 is 3.35. The Hall–Kier alpha value is -3.04. The zero-order valence-electron chi connectivity index (χ0n) is 21.0. The molecule has 0 aliphatic carbocycles. The molecular weight excluding hydrogens is 542 g/mol. The number of nitrogens with one attached hydrogen (secondary N) is 1. The molecule has 0 fully saturated rings. The van der Waals surface area contributed by atoms with E-state index in [-0.39, 0.29) is 11.4 Å². The number of carbonyl (C=O) groups excluding carboxylic acids is 1. The van der Waals surface area contributed by atoms with Crippen LogP contribution in [0.3, 0.4) is 0 Å². The molecule has 192 valence electrons. The van der Waals surface area contributed by atoms with Crippen molar-refractivity contribution in [3.8, 4) is 5.75 Å². The number of carbonyl (C=O) groups is 1. The van der Waals surface area contributed by atoms with E-state index in [2.05, 4.69) is 40.0 Å². The molecule has 1 N–H and O–H groups in total. The second kappa shape index (κ2) is 12.3. The van der Waals surface area contributed by atoms with E-state index in [1.807, 2.05) is 43.3 Å². The molecule has 0 aliphatic rings. The van der Waals surface area contributed by atoms with E-state index in [0.717, 1.165) is 34.2 Å². The van der Waals surface area contributed by atoms with Crippen LogP contribution in [0.1, 0.15) is 25.0 Å². The van der Waals surface area contributed by atoms with E-state index in [1.165, 1.54) is 19.2 Å². The van der Waals surface area contributed by atoms with Crippen molar-refractivity contribution in [1.82, 2.24) is 5.32 Å². The zero-order valence-corrected chi connectivity index (χ0v) is 23.4. The summed E-state index contributed by atoms with van der Waals surface area (Å²) in [6.07, 6.45) is 0. The summed E-state index contributed by atoms with van der Waals surface area (Å²) < 4.78 is 34.1. The molecule has 0 heterocycles. The van der Waals surface area contributed by atoms with Crippen LogP contribution in [0, 0.1) is 6.92 Å². The van der Waals surface area contributed by atoms with Crippen LogP contribution >= 0.6 is 15.9 Å². The van der Waals surface area contributed by atoms with Gasteiger partial charge in [0.15, 0.2) is 0 Å². The molecule has 9 heteroatoms. The average molecular weight is 575 g/mol. The third kappa shape index (κ3) is 6.59. The Labute approximate surface area is 222 Å². The van der Waals surface area contributed by atoms with E-state index >= 15 is 0 Å². The second-order valence-electron chi connectivity index (χ2n) is 8.26. The summed E-state index contributed by atoms with van der Waals surface area (Å²) in [7, 11) is -2.52. The minimum Gasteiger partial charge on any atom is -0.496 e. The van der Waals surface area contributed by atoms with Gasteiger partial charge in [0.2, 0.25) is 5.91 Å². The lowest BCUT2D eigenvalue weighted by Crippen LogP contribution is -2.40. The number of halogens is 1. The van der Waals surface area contributed by atoms with Crippen molar-refractivity contribution in [1.29, 1.82) is 0 Å². The highest BCUT2D eigenvalue weighted by Crippen LogP contribution is 2.30. The number of ether oxygens (including phenoxy) is 1. The first-order chi connectivity index (χ1) is 17.2. The van der Waals surface area contributed by atoms with E-state index < -0.39 is 15.9 Å². The van der Waals surface area contributed by atoms with Crippen LogP contribution in [0.25, 0.3) is 0 Å². The van der Waals surface area contributed by atoms with Gasteiger partial charge in [-0.2, -0.15) is 0 Å². The minimum atomic E-state index is -4.03. The molecule has 0 unspecified atom stereocenters. The van der Waals surface area contributed by atoms with Crippen molar-refractivity contribution in [3.05, 3.63) is 82.3 Å². The largest absolute Gasteiger partial charge is 0.496 e. The van der Waals surface area contributed by atoms with Gasteiger partial charge in [0.25, 0.3) is 10.0 Å². The molecule has 0 saturated heterocycles. The van der Waals surface area contributed by atoms with Gasteiger partial charge in [-0.25, -0.2) is 8.42 Å². The maximum absolute atomic E-state index is 13.6. The van der Waals surface area contributed by atoms with Crippen molar-refractivity contribution in [2.24, 2.45) is 0 Å². The summed E-state index contributed by atoms with van der Waals surface area (Å²) in [4.78, 5) is 15.2. The van der Waals surface area contributed by atoms with E-state index in [0.29, 0.717) is 22.5 Å². The molecule has 0 bridgehead atoms. The SMILES string of the molecule is CCN(CC)c1ccc(CNC(=O)CN(c2ccc(C)cc2)S(=O)(=O)c2ccc(OC)c(Br)c2)cc1. The number of nitrogens with zero attached hydrogens (tertiary/aromatic N) is 2. The number of methoxy groups -OCH3 is 1. The fourth-order valence-corrected chi connectivity index (χ4v) is 5.90. The fraction of sp³-hybridized carbons (Fsp3) is 0.296. The Bertz CT molecular complexity index is 1280. The predicted octanol–water partition coefficient (Wildman–Crippen LogP) is 5.12. The van der Waals surface area contributed by atoms with Crippen LogP contribution < -0.4 is 19.3 Å². The Morgan fingerprint density at radius 2 is 1.56 bits per heavy atom.